The molecule has 1 aliphatic carbocycles. The third kappa shape index (κ3) is 2.97. The first-order chi connectivity index (χ1) is 11.6. The summed E-state index contributed by atoms with van der Waals surface area (Å²) in [6.45, 7) is 4.94. The summed E-state index contributed by atoms with van der Waals surface area (Å²) in [5.74, 6) is 1.88. The SMILES string of the molecule is CC1c2nc(CC(=O)N3CC=CC3)cn2CCN1C(=O)CC1CC1. The van der Waals surface area contributed by atoms with Gasteiger partial charge in [-0.15, -0.1) is 0 Å². The van der Waals surface area contributed by atoms with E-state index in [1.807, 2.05) is 35.1 Å². The molecule has 128 valence electrons. The molecular formula is C18H24N4O2. The summed E-state index contributed by atoms with van der Waals surface area (Å²) in [6.07, 6.45) is 9.42. The van der Waals surface area contributed by atoms with E-state index in [9.17, 15) is 9.59 Å². The predicted molar refractivity (Wildman–Crippen MR) is 89.1 cm³/mol. The first kappa shape index (κ1) is 15.4. The van der Waals surface area contributed by atoms with Crippen LogP contribution in [0.4, 0.5) is 0 Å². The Morgan fingerprint density at radius 1 is 1.17 bits per heavy atom. The van der Waals surface area contributed by atoms with Crippen LogP contribution >= 0.6 is 0 Å². The first-order valence-electron chi connectivity index (χ1n) is 8.90. The molecule has 1 atom stereocenters. The van der Waals surface area contributed by atoms with Crippen molar-refractivity contribution in [3.63, 3.8) is 0 Å². The third-order valence-electron chi connectivity index (χ3n) is 5.26. The van der Waals surface area contributed by atoms with Gasteiger partial charge in [0.1, 0.15) is 5.82 Å². The Labute approximate surface area is 142 Å². The van der Waals surface area contributed by atoms with Crippen LogP contribution < -0.4 is 0 Å². The second kappa shape index (κ2) is 6.07. The highest BCUT2D eigenvalue weighted by atomic mass is 16.2. The molecule has 1 saturated carbocycles. The first-order valence-corrected chi connectivity index (χ1v) is 8.90. The number of fused-ring (bicyclic) bond motifs is 1. The Hall–Kier alpha value is -2.11. The van der Waals surface area contributed by atoms with Crippen molar-refractivity contribution in [2.24, 2.45) is 5.92 Å². The molecule has 3 aliphatic rings. The molecule has 1 aromatic rings. The van der Waals surface area contributed by atoms with Crippen molar-refractivity contribution in [1.82, 2.24) is 19.4 Å². The molecule has 0 radical (unpaired) electrons. The Kier molecular flexibility index (Phi) is 3.90. The van der Waals surface area contributed by atoms with E-state index in [0.717, 1.165) is 24.6 Å². The van der Waals surface area contributed by atoms with Gasteiger partial charge in [-0.3, -0.25) is 9.59 Å². The quantitative estimate of drug-likeness (QED) is 0.788. The largest absolute Gasteiger partial charge is 0.335 e. The van der Waals surface area contributed by atoms with Crippen molar-refractivity contribution in [3.8, 4) is 0 Å². The Bertz CT molecular complexity index is 681. The van der Waals surface area contributed by atoms with Crippen LogP contribution in [0.25, 0.3) is 0 Å². The van der Waals surface area contributed by atoms with Gasteiger partial charge < -0.3 is 14.4 Å². The molecule has 0 aromatic carbocycles. The van der Waals surface area contributed by atoms with Gasteiger partial charge in [0.25, 0.3) is 0 Å². The highest BCUT2D eigenvalue weighted by Crippen LogP contribution is 2.34. The standard InChI is InChI=1S/C18H24N4O2/c1-13-18-19-15(11-16(23)20-6-2-3-7-20)12-21(18)8-9-22(13)17(24)10-14-4-5-14/h2-3,12-14H,4-11H2,1H3. The van der Waals surface area contributed by atoms with Gasteiger partial charge in [0, 0.05) is 38.8 Å². The monoisotopic (exact) mass is 328 g/mol. The van der Waals surface area contributed by atoms with Crippen molar-refractivity contribution in [2.45, 2.75) is 45.2 Å². The lowest BCUT2D eigenvalue weighted by Crippen LogP contribution is -2.41. The number of hydrogen-bond donors (Lipinski definition) is 0. The molecule has 3 heterocycles. The summed E-state index contributed by atoms with van der Waals surface area (Å²) in [4.78, 5) is 33.2. The Morgan fingerprint density at radius 3 is 2.62 bits per heavy atom. The molecule has 0 saturated heterocycles. The van der Waals surface area contributed by atoms with Crippen LogP contribution in [0, 0.1) is 5.92 Å². The Balaban J connectivity index is 1.44. The van der Waals surface area contributed by atoms with E-state index in [2.05, 4.69) is 9.55 Å². The lowest BCUT2D eigenvalue weighted by molar-refractivity contribution is -0.135. The third-order valence-corrected chi connectivity index (χ3v) is 5.26. The molecular weight excluding hydrogens is 304 g/mol. The van der Waals surface area contributed by atoms with E-state index in [-0.39, 0.29) is 17.9 Å². The average molecular weight is 328 g/mol. The highest BCUT2D eigenvalue weighted by Gasteiger charge is 2.33. The van der Waals surface area contributed by atoms with Crippen LogP contribution in [0.5, 0.6) is 0 Å². The zero-order valence-electron chi connectivity index (χ0n) is 14.1. The fraction of sp³-hybridized carbons (Fsp3) is 0.611. The van der Waals surface area contributed by atoms with Crippen LogP contribution in [0.15, 0.2) is 18.3 Å². The van der Waals surface area contributed by atoms with Crippen molar-refractivity contribution >= 4 is 11.8 Å². The maximum Gasteiger partial charge on any atom is 0.229 e. The van der Waals surface area contributed by atoms with Crippen molar-refractivity contribution in [3.05, 3.63) is 29.9 Å². The molecule has 2 amide bonds. The smallest absolute Gasteiger partial charge is 0.229 e. The van der Waals surface area contributed by atoms with E-state index >= 15 is 0 Å². The summed E-state index contributed by atoms with van der Waals surface area (Å²) in [5.41, 5.74) is 0.810. The maximum absolute atomic E-state index is 12.4. The minimum atomic E-state index is -0.0118. The number of rotatable bonds is 4. The number of hydrogen-bond acceptors (Lipinski definition) is 3. The second-order valence-corrected chi connectivity index (χ2v) is 7.14. The van der Waals surface area contributed by atoms with Gasteiger partial charge in [0.15, 0.2) is 0 Å². The highest BCUT2D eigenvalue weighted by molar-refractivity contribution is 5.79. The van der Waals surface area contributed by atoms with E-state index in [1.165, 1.54) is 12.8 Å². The zero-order valence-corrected chi connectivity index (χ0v) is 14.1. The van der Waals surface area contributed by atoms with Gasteiger partial charge in [0.05, 0.1) is 18.2 Å². The van der Waals surface area contributed by atoms with Gasteiger partial charge in [0.2, 0.25) is 11.8 Å². The van der Waals surface area contributed by atoms with Crippen molar-refractivity contribution in [2.75, 3.05) is 19.6 Å². The molecule has 0 bridgehead atoms. The lowest BCUT2D eigenvalue weighted by atomic mass is 10.1. The van der Waals surface area contributed by atoms with Crippen LogP contribution in [0.1, 0.15) is 43.7 Å². The molecule has 2 aliphatic heterocycles. The van der Waals surface area contributed by atoms with Crippen LogP contribution in [-0.2, 0) is 22.6 Å². The lowest BCUT2D eigenvalue weighted by Gasteiger charge is -2.34. The summed E-state index contributed by atoms with van der Waals surface area (Å²) in [7, 11) is 0. The van der Waals surface area contributed by atoms with E-state index in [0.29, 0.717) is 31.8 Å². The van der Waals surface area contributed by atoms with Gasteiger partial charge in [-0.1, -0.05) is 12.2 Å². The number of carbonyl (C=O) groups excluding carboxylic acids is 2. The predicted octanol–water partition coefficient (Wildman–Crippen LogP) is 1.53. The maximum atomic E-state index is 12.4. The molecule has 6 heteroatoms. The normalized spacial score (nSPS) is 22.8. The van der Waals surface area contributed by atoms with Crippen LogP contribution in [0.3, 0.4) is 0 Å². The van der Waals surface area contributed by atoms with E-state index in [4.69, 9.17) is 0 Å². The van der Waals surface area contributed by atoms with E-state index < -0.39 is 0 Å². The number of imidazole rings is 1. The number of aromatic nitrogens is 2. The Morgan fingerprint density at radius 2 is 1.92 bits per heavy atom. The molecule has 0 N–H and O–H groups in total. The van der Waals surface area contributed by atoms with Gasteiger partial charge in [-0.2, -0.15) is 0 Å². The molecule has 0 spiro atoms. The fourth-order valence-electron chi connectivity index (χ4n) is 3.61. The summed E-state index contributed by atoms with van der Waals surface area (Å²) >= 11 is 0. The number of carbonyl (C=O) groups is 2. The van der Waals surface area contributed by atoms with Gasteiger partial charge in [-0.05, 0) is 25.7 Å². The topological polar surface area (TPSA) is 58.4 Å². The van der Waals surface area contributed by atoms with Crippen LogP contribution in [-0.4, -0.2) is 50.8 Å². The second-order valence-electron chi connectivity index (χ2n) is 7.14. The molecule has 4 rings (SSSR count). The molecule has 24 heavy (non-hydrogen) atoms. The zero-order chi connectivity index (χ0) is 16.7. The van der Waals surface area contributed by atoms with Crippen LogP contribution in [0.2, 0.25) is 0 Å². The van der Waals surface area contributed by atoms with Gasteiger partial charge >= 0.3 is 0 Å². The minimum Gasteiger partial charge on any atom is -0.335 e. The van der Waals surface area contributed by atoms with Crippen molar-refractivity contribution in [1.29, 1.82) is 0 Å². The minimum absolute atomic E-state index is 0.0118. The molecule has 1 fully saturated rings. The number of amides is 2. The fourth-order valence-corrected chi connectivity index (χ4v) is 3.61. The van der Waals surface area contributed by atoms with E-state index in [1.54, 1.807) is 0 Å². The molecule has 1 aromatic heterocycles. The summed E-state index contributed by atoms with van der Waals surface area (Å²) in [5, 5.41) is 0. The van der Waals surface area contributed by atoms with Crippen molar-refractivity contribution < 1.29 is 9.59 Å². The molecule has 1 unspecified atom stereocenters. The van der Waals surface area contributed by atoms with Gasteiger partial charge in [-0.25, -0.2) is 4.98 Å². The summed E-state index contributed by atoms with van der Waals surface area (Å²) < 4.78 is 2.11. The number of nitrogens with zero attached hydrogens (tertiary/aromatic N) is 4. The molecule has 6 nitrogen and oxygen atoms in total. The summed E-state index contributed by atoms with van der Waals surface area (Å²) in [6, 6.07) is -0.0118. The average Bonchev–Trinajstić information content (AvgIpc) is 3.04.